The minimum atomic E-state index is -0.108. The summed E-state index contributed by atoms with van der Waals surface area (Å²) in [5.41, 5.74) is 1.47. The Bertz CT molecular complexity index is 420. The fourth-order valence-electron chi connectivity index (χ4n) is 2.02. The van der Waals surface area contributed by atoms with Crippen molar-refractivity contribution in [3.05, 3.63) is 29.8 Å². The van der Waals surface area contributed by atoms with Gasteiger partial charge in [-0.1, -0.05) is 25.1 Å². The lowest BCUT2D eigenvalue weighted by Gasteiger charge is -2.12. The van der Waals surface area contributed by atoms with Gasteiger partial charge in [-0.2, -0.15) is 11.8 Å². The normalized spacial score (nSPS) is 19.3. The minimum absolute atomic E-state index is 0.00991. The molecule has 2 unspecified atom stereocenters. The lowest BCUT2D eigenvalue weighted by Crippen LogP contribution is -2.15. The Labute approximate surface area is 117 Å². The molecule has 0 aliphatic carbocycles. The molecule has 2 rings (SSSR count). The monoisotopic (exact) mass is 282 g/mol. The SMILES string of the molecule is COC(=O)C(C)CSCC1CSc2ccccc21. The fourth-order valence-corrected chi connectivity index (χ4v) is 4.63. The van der Waals surface area contributed by atoms with E-state index in [2.05, 4.69) is 24.3 Å². The van der Waals surface area contributed by atoms with Crippen molar-refractivity contribution in [2.75, 3.05) is 24.4 Å². The van der Waals surface area contributed by atoms with Crippen LogP contribution in [0.3, 0.4) is 0 Å². The molecule has 1 aromatic carbocycles. The van der Waals surface area contributed by atoms with Gasteiger partial charge in [-0.05, 0) is 11.6 Å². The van der Waals surface area contributed by atoms with E-state index in [-0.39, 0.29) is 11.9 Å². The molecule has 18 heavy (non-hydrogen) atoms. The second kappa shape index (κ2) is 6.53. The highest BCUT2D eigenvalue weighted by atomic mass is 32.2. The molecule has 2 nitrogen and oxygen atoms in total. The zero-order valence-electron chi connectivity index (χ0n) is 10.7. The van der Waals surface area contributed by atoms with Crippen LogP contribution in [0.25, 0.3) is 0 Å². The highest BCUT2D eigenvalue weighted by molar-refractivity contribution is 8.00. The second-order valence-electron chi connectivity index (χ2n) is 4.51. The van der Waals surface area contributed by atoms with Gasteiger partial charge in [0.15, 0.2) is 0 Å². The summed E-state index contributed by atoms with van der Waals surface area (Å²) in [6.07, 6.45) is 0. The maximum absolute atomic E-state index is 11.3. The van der Waals surface area contributed by atoms with Crippen molar-refractivity contribution in [3.8, 4) is 0 Å². The van der Waals surface area contributed by atoms with Crippen LogP contribution in [-0.4, -0.2) is 30.3 Å². The van der Waals surface area contributed by atoms with Crippen LogP contribution >= 0.6 is 23.5 Å². The predicted molar refractivity (Wildman–Crippen MR) is 78.4 cm³/mol. The minimum Gasteiger partial charge on any atom is -0.469 e. The van der Waals surface area contributed by atoms with Gasteiger partial charge in [0.1, 0.15) is 0 Å². The van der Waals surface area contributed by atoms with Gasteiger partial charge in [0.25, 0.3) is 0 Å². The number of rotatable bonds is 5. The maximum atomic E-state index is 11.3. The van der Waals surface area contributed by atoms with E-state index in [0.29, 0.717) is 5.92 Å². The molecule has 4 heteroatoms. The molecule has 0 amide bonds. The first-order valence-corrected chi connectivity index (χ1v) is 8.23. The number of carbonyl (C=O) groups is 1. The molecular weight excluding hydrogens is 264 g/mol. The first kappa shape index (κ1) is 13.8. The molecule has 0 spiro atoms. The standard InChI is InChI=1S/C14H18O2S2/c1-10(14(15)16-2)7-17-8-11-9-18-13-6-4-3-5-12(11)13/h3-6,10-11H,7-9H2,1-2H3. The van der Waals surface area contributed by atoms with Crippen LogP contribution in [0, 0.1) is 5.92 Å². The van der Waals surface area contributed by atoms with Crippen molar-refractivity contribution in [1.82, 2.24) is 0 Å². The molecule has 98 valence electrons. The van der Waals surface area contributed by atoms with Crippen LogP contribution in [0.2, 0.25) is 0 Å². The van der Waals surface area contributed by atoms with Crippen molar-refractivity contribution >= 4 is 29.5 Å². The Balaban J connectivity index is 1.81. The van der Waals surface area contributed by atoms with E-state index in [1.807, 2.05) is 30.4 Å². The number of hydrogen-bond acceptors (Lipinski definition) is 4. The summed E-state index contributed by atoms with van der Waals surface area (Å²) < 4.78 is 4.73. The lowest BCUT2D eigenvalue weighted by atomic mass is 10.0. The van der Waals surface area contributed by atoms with E-state index in [9.17, 15) is 4.79 Å². The quantitative estimate of drug-likeness (QED) is 0.773. The van der Waals surface area contributed by atoms with Crippen LogP contribution in [-0.2, 0) is 9.53 Å². The van der Waals surface area contributed by atoms with Crippen molar-refractivity contribution < 1.29 is 9.53 Å². The molecule has 0 fully saturated rings. The number of ether oxygens (including phenoxy) is 1. The first-order chi connectivity index (χ1) is 8.72. The number of fused-ring (bicyclic) bond motifs is 1. The summed E-state index contributed by atoms with van der Waals surface area (Å²) in [4.78, 5) is 12.7. The third kappa shape index (κ3) is 3.23. The Morgan fingerprint density at radius 3 is 3.11 bits per heavy atom. The molecule has 0 radical (unpaired) electrons. The van der Waals surface area contributed by atoms with Crippen molar-refractivity contribution in [3.63, 3.8) is 0 Å². The third-order valence-corrected chi connectivity index (χ3v) is 5.71. The summed E-state index contributed by atoms with van der Waals surface area (Å²) >= 11 is 3.79. The molecule has 1 heterocycles. The molecule has 0 saturated carbocycles. The predicted octanol–water partition coefficient (Wildman–Crippen LogP) is 3.42. The van der Waals surface area contributed by atoms with Crippen LogP contribution in [0.1, 0.15) is 18.4 Å². The van der Waals surface area contributed by atoms with Crippen LogP contribution in [0.4, 0.5) is 0 Å². The zero-order valence-corrected chi connectivity index (χ0v) is 12.4. The molecular formula is C14H18O2S2. The van der Waals surface area contributed by atoms with Gasteiger partial charge in [0.05, 0.1) is 13.0 Å². The fraction of sp³-hybridized carbons (Fsp3) is 0.500. The molecule has 0 N–H and O–H groups in total. The number of benzene rings is 1. The third-order valence-electron chi connectivity index (χ3n) is 3.09. The Morgan fingerprint density at radius 1 is 1.56 bits per heavy atom. The topological polar surface area (TPSA) is 26.3 Å². The summed E-state index contributed by atoms with van der Waals surface area (Å²) in [6.45, 7) is 1.93. The molecule has 0 aromatic heterocycles. The summed E-state index contributed by atoms with van der Waals surface area (Å²) in [6, 6.07) is 8.63. The second-order valence-corrected chi connectivity index (χ2v) is 6.64. The van der Waals surface area contributed by atoms with E-state index in [1.165, 1.54) is 23.3 Å². The summed E-state index contributed by atoms with van der Waals surface area (Å²) in [5.74, 6) is 3.61. The molecule has 1 aliphatic heterocycles. The van der Waals surface area contributed by atoms with Gasteiger partial charge in [0, 0.05) is 28.1 Å². The van der Waals surface area contributed by atoms with E-state index < -0.39 is 0 Å². The van der Waals surface area contributed by atoms with E-state index >= 15 is 0 Å². The Hall–Kier alpha value is -0.610. The van der Waals surface area contributed by atoms with Crippen LogP contribution in [0.5, 0.6) is 0 Å². The van der Waals surface area contributed by atoms with Gasteiger partial charge in [-0.15, -0.1) is 11.8 Å². The van der Waals surface area contributed by atoms with Gasteiger partial charge in [-0.25, -0.2) is 0 Å². The number of hydrogen-bond donors (Lipinski definition) is 0. The van der Waals surface area contributed by atoms with Crippen LogP contribution < -0.4 is 0 Å². The number of esters is 1. The van der Waals surface area contributed by atoms with E-state index in [1.54, 1.807) is 0 Å². The van der Waals surface area contributed by atoms with Crippen LogP contribution in [0.15, 0.2) is 29.2 Å². The lowest BCUT2D eigenvalue weighted by molar-refractivity contribution is -0.143. The smallest absolute Gasteiger partial charge is 0.309 e. The molecule has 1 aromatic rings. The summed E-state index contributed by atoms with van der Waals surface area (Å²) in [5, 5.41) is 0. The molecule has 2 atom stereocenters. The largest absolute Gasteiger partial charge is 0.469 e. The first-order valence-electron chi connectivity index (χ1n) is 6.09. The molecule has 0 bridgehead atoms. The van der Waals surface area contributed by atoms with E-state index in [4.69, 9.17) is 4.74 Å². The van der Waals surface area contributed by atoms with Gasteiger partial charge < -0.3 is 4.74 Å². The Kier molecular flexibility index (Phi) is 5.01. The number of carbonyl (C=O) groups excluding carboxylic acids is 1. The molecule has 0 saturated heterocycles. The van der Waals surface area contributed by atoms with Gasteiger partial charge in [0.2, 0.25) is 0 Å². The highest BCUT2D eigenvalue weighted by Gasteiger charge is 2.23. The van der Waals surface area contributed by atoms with Gasteiger partial charge in [-0.3, -0.25) is 4.79 Å². The van der Waals surface area contributed by atoms with Crippen molar-refractivity contribution in [2.24, 2.45) is 5.92 Å². The van der Waals surface area contributed by atoms with E-state index in [0.717, 1.165) is 11.5 Å². The van der Waals surface area contributed by atoms with Crippen molar-refractivity contribution in [1.29, 1.82) is 0 Å². The summed E-state index contributed by atoms with van der Waals surface area (Å²) in [7, 11) is 1.45. The molecule has 1 aliphatic rings. The zero-order chi connectivity index (χ0) is 13.0. The number of methoxy groups -OCH3 is 1. The Morgan fingerprint density at radius 2 is 2.33 bits per heavy atom. The highest BCUT2D eigenvalue weighted by Crippen LogP contribution is 2.40. The number of thioether (sulfide) groups is 2. The average molecular weight is 282 g/mol. The average Bonchev–Trinajstić information content (AvgIpc) is 2.81. The van der Waals surface area contributed by atoms with Crippen molar-refractivity contribution in [2.45, 2.75) is 17.7 Å². The maximum Gasteiger partial charge on any atom is 0.309 e. The van der Waals surface area contributed by atoms with Gasteiger partial charge >= 0.3 is 5.97 Å².